The Morgan fingerprint density at radius 3 is 2.75 bits per heavy atom. The second-order valence-electron chi connectivity index (χ2n) is 4.91. The number of benzene rings is 1. The first-order chi connectivity index (χ1) is 9.58. The predicted octanol–water partition coefficient (Wildman–Crippen LogP) is 4.04. The number of hydrogen-bond donors (Lipinski definition) is 1. The maximum atomic E-state index is 9.54. The fourth-order valence-electron chi connectivity index (χ4n) is 2.27. The maximum absolute atomic E-state index is 9.54. The number of aromatic nitrogens is 3. The molecule has 0 aliphatic heterocycles. The highest BCUT2D eigenvalue weighted by Gasteiger charge is 2.16. The number of phenols is 1. The summed E-state index contributed by atoms with van der Waals surface area (Å²) in [5.41, 5.74) is 2.56. The van der Waals surface area contributed by atoms with E-state index < -0.39 is 0 Å². The fourth-order valence-corrected chi connectivity index (χ4v) is 2.45. The van der Waals surface area contributed by atoms with Crippen LogP contribution >= 0.6 is 11.6 Å². The van der Waals surface area contributed by atoms with Gasteiger partial charge < -0.3 is 9.67 Å². The molecule has 1 aromatic carbocycles. The summed E-state index contributed by atoms with van der Waals surface area (Å²) in [6.07, 6.45) is 1.76. The summed E-state index contributed by atoms with van der Waals surface area (Å²) in [6, 6.07) is 9.13. The number of phenolic OH excluding ortho intramolecular Hbond substituents is 1. The molecule has 0 amide bonds. The largest absolute Gasteiger partial charge is 0.506 e. The lowest BCUT2D eigenvalue weighted by Crippen LogP contribution is -2.04. The summed E-state index contributed by atoms with van der Waals surface area (Å²) in [5, 5.41) is 9.85. The molecule has 1 N–H and O–H groups in total. The van der Waals surface area contributed by atoms with Crippen LogP contribution in [0.2, 0.25) is 5.02 Å². The number of hydrogen-bond acceptors (Lipinski definition) is 3. The van der Waals surface area contributed by atoms with Crippen molar-refractivity contribution in [2.24, 2.45) is 0 Å². The van der Waals surface area contributed by atoms with E-state index in [4.69, 9.17) is 11.6 Å². The van der Waals surface area contributed by atoms with Gasteiger partial charge in [-0.3, -0.25) is 0 Å². The van der Waals surface area contributed by atoms with Gasteiger partial charge in [0.1, 0.15) is 17.1 Å². The second-order valence-corrected chi connectivity index (χ2v) is 5.32. The van der Waals surface area contributed by atoms with Gasteiger partial charge in [0, 0.05) is 17.8 Å². The maximum Gasteiger partial charge on any atom is 0.160 e. The molecule has 0 saturated carbocycles. The van der Waals surface area contributed by atoms with Crippen LogP contribution in [0, 0.1) is 0 Å². The molecule has 0 saturated heterocycles. The van der Waals surface area contributed by atoms with E-state index in [0.717, 1.165) is 22.6 Å². The Morgan fingerprint density at radius 2 is 2.05 bits per heavy atom. The van der Waals surface area contributed by atoms with Gasteiger partial charge in [0.15, 0.2) is 5.65 Å². The first-order valence-electron chi connectivity index (χ1n) is 6.40. The molecule has 0 unspecified atom stereocenters. The molecule has 0 aliphatic rings. The Hall–Kier alpha value is -2.07. The zero-order chi connectivity index (χ0) is 14.3. The van der Waals surface area contributed by atoms with Crippen LogP contribution in [-0.2, 0) is 0 Å². The lowest BCUT2D eigenvalue weighted by molar-refractivity contribution is 0.475. The molecule has 2 aromatic heterocycles. The number of aromatic hydroxyl groups is 1. The third-order valence-electron chi connectivity index (χ3n) is 3.17. The highest BCUT2D eigenvalue weighted by molar-refractivity contribution is 6.32. The molecule has 5 heteroatoms. The molecule has 3 rings (SSSR count). The third-order valence-corrected chi connectivity index (χ3v) is 3.47. The van der Waals surface area contributed by atoms with E-state index >= 15 is 0 Å². The van der Waals surface area contributed by atoms with Crippen molar-refractivity contribution in [1.29, 1.82) is 0 Å². The number of imidazole rings is 1. The lowest BCUT2D eigenvalue weighted by Gasteiger charge is -2.12. The van der Waals surface area contributed by atoms with Crippen molar-refractivity contribution >= 4 is 22.8 Å². The van der Waals surface area contributed by atoms with Gasteiger partial charge in [-0.25, -0.2) is 9.97 Å². The zero-order valence-corrected chi connectivity index (χ0v) is 12.0. The molecular formula is C15H14ClN3O. The van der Waals surface area contributed by atoms with E-state index in [-0.39, 0.29) is 11.8 Å². The summed E-state index contributed by atoms with van der Waals surface area (Å²) in [5.74, 6) is 0.872. The van der Waals surface area contributed by atoms with Crippen LogP contribution < -0.4 is 0 Å². The minimum absolute atomic E-state index is 0.0701. The smallest absolute Gasteiger partial charge is 0.160 e. The molecule has 102 valence electrons. The summed E-state index contributed by atoms with van der Waals surface area (Å²) < 4.78 is 2.07. The number of fused-ring (bicyclic) bond motifs is 1. The minimum atomic E-state index is 0.0701. The number of halogens is 1. The van der Waals surface area contributed by atoms with Gasteiger partial charge in [-0.2, -0.15) is 0 Å². The van der Waals surface area contributed by atoms with Crippen LogP contribution in [0.4, 0.5) is 0 Å². The molecule has 20 heavy (non-hydrogen) atoms. The monoisotopic (exact) mass is 287 g/mol. The van der Waals surface area contributed by atoms with E-state index in [1.807, 2.05) is 12.1 Å². The molecule has 0 bridgehead atoms. The van der Waals surface area contributed by atoms with Crippen LogP contribution in [-0.4, -0.2) is 19.6 Å². The summed E-state index contributed by atoms with van der Waals surface area (Å²) in [4.78, 5) is 9.04. The topological polar surface area (TPSA) is 50.9 Å². The van der Waals surface area contributed by atoms with Crippen molar-refractivity contribution in [3.05, 3.63) is 41.6 Å². The Morgan fingerprint density at radius 1 is 1.25 bits per heavy atom. The van der Waals surface area contributed by atoms with Crippen molar-refractivity contribution in [3.8, 4) is 17.1 Å². The summed E-state index contributed by atoms with van der Waals surface area (Å²) >= 11 is 5.99. The quantitative estimate of drug-likeness (QED) is 0.774. The van der Waals surface area contributed by atoms with Gasteiger partial charge in [-0.15, -0.1) is 0 Å². The normalized spacial score (nSPS) is 11.4. The average Bonchev–Trinajstić information content (AvgIpc) is 2.81. The van der Waals surface area contributed by atoms with Gasteiger partial charge in [-0.1, -0.05) is 11.6 Å². The van der Waals surface area contributed by atoms with Gasteiger partial charge in [0.05, 0.1) is 5.02 Å². The molecule has 0 fully saturated rings. The van der Waals surface area contributed by atoms with Gasteiger partial charge in [0.2, 0.25) is 0 Å². The van der Waals surface area contributed by atoms with Crippen molar-refractivity contribution in [1.82, 2.24) is 14.5 Å². The highest BCUT2D eigenvalue weighted by atomic mass is 35.5. The Labute approximate surface area is 121 Å². The zero-order valence-electron chi connectivity index (χ0n) is 11.2. The SMILES string of the molecule is CC(C)n1c(-c2ccc(O)c(Cl)c2)nc2cccnc21. The van der Waals surface area contributed by atoms with Crippen LogP contribution in [0.25, 0.3) is 22.6 Å². The standard InChI is InChI=1S/C15H14ClN3O/c1-9(2)19-14(10-5-6-13(20)11(16)8-10)18-12-4-3-7-17-15(12)19/h3-9,20H,1-2H3. The van der Waals surface area contributed by atoms with E-state index in [1.165, 1.54) is 0 Å². The number of pyridine rings is 1. The van der Waals surface area contributed by atoms with E-state index in [2.05, 4.69) is 28.4 Å². The van der Waals surface area contributed by atoms with Crippen LogP contribution in [0.5, 0.6) is 5.75 Å². The average molecular weight is 288 g/mol. The minimum Gasteiger partial charge on any atom is -0.506 e. The van der Waals surface area contributed by atoms with E-state index in [0.29, 0.717) is 5.02 Å². The van der Waals surface area contributed by atoms with Crippen LogP contribution in [0.15, 0.2) is 36.5 Å². The predicted molar refractivity (Wildman–Crippen MR) is 80.0 cm³/mol. The third kappa shape index (κ3) is 2.02. The van der Waals surface area contributed by atoms with Crippen molar-refractivity contribution in [2.45, 2.75) is 19.9 Å². The Bertz CT molecular complexity index is 780. The van der Waals surface area contributed by atoms with Gasteiger partial charge >= 0.3 is 0 Å². The first-order valence-corrected chi connectivity index (χ1v) is 6.77. The second kappa shape index (κ2) is 4.80. The molecule has 0 aliphatic carbocycles. The van der Waals surface area contributed by atoms with Crippen molar-refractivity contribution < 1.29 is 5.11 Å². The van der Waals surface area contributed by atoms with Crippen LogP contribution in [0.1, 0.15) is 19.9 Å². The molecule has 3 aromatic rings. The molecule has 0 radical (unpaired) electrons. The van der Waals surface area contributed by atoms with Crippen LogP contribution in [0.3, 0.4) is 0 Å². The molecule has 0 atom stereocenters. The van der Waals surface area contributed by atoms with Crippen molar-refractivity contribution in [2.75, 3.05) is 0 Å². The van der Waals surface area contributed by atoms with Gasteiger partial charge in [0.25, 0.3) is 0 Å². The highest BCUT2D eigenvalue weighted by Crippen LogP contribution is 2.32. The number of nitrogens with zero attached hydrogens (tertiary/aromatic N) is 3. The first kappa shape index (κ1) is 12.9. The Kier molecular flexibility index (Phi) is 3.10. The van der Waals surface area contributed by atoms with Crippen molar-refractivity contribution in [3.63, 3.8) is 0 Å². The Balaban J connectivity index is 2.29. The molecular weight excluding hydrogens is 274 g/mol. The molecule has 0 spiro atoms. The summed E-state index contributed by atoms with van der Waals surface area (Å²) in [7, 11) is 0. The van der Waals surface area contributed by atoms with E-state index in [9.17, 15) is 5.11 Å². The van der Waals surface area contributed by atoms with E-state index in [1.54, 1.807) is 24.4 Å². The fraction of sp³-hybridized carbons (Fsp3) is 0.200. The lowest BCUT2D eigenvalue weighted by atomic mass is 10.2. The number of rotatable bonds is 2. The van der Waals surface area contributed by atoms with Gasteiger partial charge in [-0.05, 0) is 44.2 Å². The molecule has 4 nitrogen and oxygen atoms in total. The molecule has 2 heterocycles. The summed E-state index contributed by atoms with van der Waals surface area (Å²) in [6.45, 7) is 4.17.